The molecule has 0 amide bonds. The van der Waals surface area contributed by atoms with Crippen LogP contribution in [-0.4, -0.2) is 99.1 Å². The third-order valence-electron chi connectivity index (χ3n) is 12.1. The fourth-order valence-corrected chi connectivity index (χ4v) is 8.77. The molecule has 0 aliphatic heterocycles. The van der Waals surface area contributed by atoms with Crippen molar-refractivity contribution in [1.82, 2.24) is 0 Å². The Labute approximate surface area is 392 Å². The van der Waals surface area contributed by atoms with Gasteiger partial charge in [0, 0.05) is 66.1 Å². The number of rotatable bonds is 54. The van der Waals surface area contributed by atoms with E-state index in [2.05, 4.69) is 34.6 Å². The van der Waals surface area contributed by atoms with E-state index in [1.807, 2.05) is 0 Å². The van der Waals surface area contributed by atoms with Crippen molar-refractivity contribution in [2.45, 2.75) is 265 Å². The van der Waals surface area contributed by atoms with Crippen LogP contribution in [0, 0.1) is 5.92 Å². The number of hydrogen-bond donors (Lipinski definition) is 0. The fourth-order valence-electron chi connectivity index (χ4n) is 8.10. The third-order valence-corrected chi connectivity index (χ3v) is 12.7. The van der Waals surface area contributed by atoms with Gasteiger partial charge in [0.15, 0.2) is 0 Å². The highest BCUT2D eigenvalue weighted by Crippen LogP contribution is 2.23. The lowest BCUT2D eigenvalue weighted by atomic mass is 9.93. The maximum absolute atomic E-state index is 12.3. The molecule has 9 nitrogen and oxygen atoms in total. The molecule has 0 aliphatic carbocycles. The predicted octanol–water partition coefficient (Wildman–Crippen LogP) is 14.8. The zero-order valence-electron chi connectivity index (χ0n) is 42.8. The first kappa shape index (κ1) is 62.7. The van der Waals surface area contributed by atoms with Crippen LogP contribution in [0.15, 0.2) is 0 Å². The lowest BCUT2D eigenvalue weighted by Crippen LogP contribution is -2.23. The minimum absolute atomic E-state index is 0.247. The molecule has 380 valence electrons. The van der Waals surface area contributed by atoms with E-state index in [-0.39, 0.29) is 12.0 Å². The van der Waals surface area contributed by atoms with Crippen molar-refractivity contribution in [3.8, 4) is 0 Å². The van der Waals surface area contributed by atoms with Crippen LogP contribution in [0.5, 0.6) is 0 Å². The summed E-state index contributed by atoms with van der Waals surface area (Å²) in [6.45, 7) is 18.7. The highest BCUT2D eigenvalue weighted by Gasteiger charge is 2.21. The molecule has 10 heteroatoms. The second-order valence-corrected chi connectivity index (χ2v) is 20.2. The quantitative estimate of drug-likeness (QED) is 0.0436. The van der Waals surface area contributed by atoms with Gasteiger partial charge >= 0.3 is 0 Å². The summed E-state index contributed by atoms with van der Waals surface area (Å²) < 4.78 is 67.0. The molecular formula is C53H108O9S. The molecule has 63 heavy (non-hydrogen) atoms. The van der Waals surface area contributed by atoms with Gasteiger partial charge in [-0.3, -0.25) is 4.18 Å². The second kappa shape index (κ2) is 49.6. The normalized spacial score (nSPS) is 13.6. The van der Waals surface area contributed by atoms with Crippen LogP contribution >= 0.6 is 0 Å². The van der Waals surface area contributed by atoms with Crippen molar-refractivity contribution in [2.75, 3.05) is 72.3 Å². The van der Waals surface area contributed by atoms with Crippen LogP contribution in [0.2, 0.25) is 0 Å². The fraction of sp³-hybridized carbons (Fsp3) is 1.00. The van der Waals surface area contributed by atoms with Crippen LogP contribution in [0.4, 0.5) is 0 Å². The van der Waals surface area contributed by atoms with Crippen molar-refractivity contribution >= 4 is 10.1 Å². The molecule has 0 aromatic carbocycles. The second-order valence-electron chi connectivity index (χ2n) is 18.6. The predicted molar refractivity (Wildman–Crippen MR) is 267 cm³/mol. The molecular weight excluding hydrogens is 813 g/mol. The first-order chi connectivity index (χ1) is 30.8. The van der Waals surface area contributed by atoms with E-state index in [0.717, 1.165) is 123 Å². The largest absolute Gasteiger partial charge is 0.381 e. The van der Waals surface area contributed by atoms with E-state index in [1.54, 1.807) is 0 Å². The Hall–Kier alpha value is -0.330. The van der Waals surface area contributed by atoms with Crippen LogP contribution in [0.25, 0.3) is 0 Å². The van der Waals surface area contributed by atoms with E-state index in [1.165, 1.54) is 122 Å². The van der Waals surface area contributed by atoms with Crippen molar-refractivity contribution in [2.24, 2.45) is 5.92 Å². The van der Waals surface area contributed by atoms with Crippen molar-refractivity contribution in [1.29, 1.82) is 0 Å². The minimum Gasteiger partial charge on any atom is -0.381 e. The Morgan fingerprint density at radius 2 is 0.635 bits per heavy atom. The molecule has 0 fully saturated rings. The Morgan fingerprint density at radius 3 is 1.08 bits per heavy atom. The van der Waals surface area contributed by atoms with Gasteiger partial charge in [0.25, 0.3) is 10.1 Å². The van der Waals surface area contributed by atoms with Gasteiger partial charge < -0.3 is 28.4 Å². The Balaban J connectivity index is 4.79. The first-order valence-electron chi connectivity index (χ1n) is 27.2. The van der Waals surface area contributed by atoms with Gasteiger partial charge in [-0.15, -0.1) is 0 Å². The summed E-state index contributed by atoms with van der Waals surface area (Å²) in [6.07, 6.45) is 38.9. The van der Waals surface area contributed by atoms with E-state index in [4.69, 9.17) is 32.6 Å². The van der Waals surface area contributed by atoms with Gasteiger partial charge in [-0.05, 0) is 121 Å². The Bertz CT molecular complexity index is 976. The molecule has 0 rings (SSSR count). The standard InChI is InChI=1S/C53H108O9S/c1-7-12-17-19-20-24-39-56-42-29-30-43-57-44-31-36-53(62-63(6,54)55)49-50(37-47-58-40-25-21-27-45-60-51(32-14-9-3)33-15-10-4)38-48-59-41-26-22-28-46-61-52(34-16-11-5)35-23-18-13-8-2/h50-53H,7-49H2,1-6H3. The summed E-state index contributed by atoms with van der Waals surface area (Å²) in [5.74, 6) is 0.247. The lowest BCUT2D eigenvalue weighted by Gasteiger charge is -2.23. The van der Waals surface area contributed by atoms with Gasteiger partial charge in [0.1, 0.15) is 0 Å². The van der Waals surface area contributed by atoms with Gasteiger partial charge in [0.05, 0.1) is 24.6 Å². The average molecular weight is 922 g/mol. The summed E-state index contributed by atoms with van der Waals surface area (Å²) in [7, 11) is -3.59. The van der Waals surface area contributed by atoms with E-state index >= 15 is 0 Å². The van der Waals surface area contributed by atoms with Crippen molar-refractivity contribution < 1.29 is 41.0 Å². The highest BCUT2D eigenvalue weighted by molar-refractivity contribution is 7.86. The van der Waals surface area contributed by atoms with E-state index in [0.29, 0.717) is 51.5 Å². The number of ether oxygens (including phenoxy) is 6. The zero-order valence-corrected chi connectivity index (χ0v) is 43.6. The molecule has 0 saturated carbocycles. The van der Waals surface area contributed by atoms with Crippen molar-refractivity contribution in [3.05, 3.63) is 0 Å². The molecule has 0 radical (unpaired) electrons. The van der Waals surface area contributed by atoms with Gasteiger partial charge in [-0.25, -0.2) is 0 Å². The summed E-state index contributed by atoms with van der Waals surface area (Å²) in [5, 5.41) is 0. The molecule has 0 aromatic heterocycles. The van der Waals surface area contributed by atoms with Gasteiger partial charge in [0.2, 0.25) is 0 Å². The summed E-state index contributed by atoms with van der Waals surface area (Å²) in [5.41, 5.74) is 0. The Morgan fingerprint density at radius 1 is 0.317 bits per heavy atom. The maximum Gasteiger partial charge on any atom is 0.264 e. The molecule has 0 spiro atoms. The summed E-state index contributed by atoms with van der Waals surface area (Å²) >= 11 is 0. The smallest absolute Gasteiger partial charge is 0.264 e. The highest BCUT2D eigenvalue weighted by atomic mass is 32.2. The SMILES string of the molecule is CCCCCCCCOCCCCOCCCC(CC(CCOCCCCCOC(CCCC)CCCC)CCOCCCCCOC(CCCC)CCCCCC)OS(C)(=O)=O. The summed E-state index contributed by atoms with van der Waals surface area (Å²) in [4.78, 5) is 0. The lowest BCUT2D eigenvalue weighted by molar-refractivity contribution is 0.0342. The molecule has 3 unspecified atom stereocenters. The number of unbranched alkanes of at least 4 members (excludes halogenated alkanes) is 16. The first-order valence-corrected chi connectivity index (χ1v) is 29.0. The molecule has 0 heterocycles. The van der Waals surface area contributed by atoms with E-state index < -0.39 is 10.1 Å². The van der Waals surface area contributed by atoms with Crippen molar-refractivity contribution in [3.63, 3.8) is 0 Å². The van der Waals surface area contributed by atoms with Gasteiger partial charge in [-0.1, -0.05) is 131 Å². The minimum atomic E-state index is -3.59. The molecule has 0 aromatic rings. The third kappa shape index (κ3) is 48.0. The Kier molecular flexibility index (Phi) is 49.3. The van der Waals surface area contributed by atoms with Gasteiger partial charge in [-0.2, -0.15) is 8.42 Å². The monoisotopic (exact) mass is 921 g/mol. The molecule has 3 atom stereocenters. The van der Waals surface area contributed by atoms with Crippen LogP contribution in [-0.2, 0) is 42.7 Å². The molecule has 0 bridgehead atoms. The summed E-state index contributed by atoms with van der Waals surface area (Å²) in [6, 6.07) is 0. The number of hydrogen-bond acceptors (Lipinski definition) is 9. The molecule has 0 saturated heterocycles. The van der Waals surface area contributed by atoms with Crippen LogP contribution in [0.3, 0.4) is 0 Å². The topological polar surface area (TPSA) is 98.8 Å². The maximum atomic E-state index is 12.3. The van der Waals surface area contributed by atoms with E-state index in [9.17, 15) is 8.42 Å². The van der Waals surface area contributed by atoms with Crippen LogP contribution < -0.4 is 0 Å². The average Bonchev–Trinajstić information content (AvgIpc) is 3.26. The van der Waals surface area contributed by atoms with Crippen LogP contribution in [0.1, 0.15) is 247 Å². The molecule has 0 aliphatic rings. The molecule has 0 N–H and O–H groups in total. The zero-order chi connectivity index (χ0) is 46.2.